The Kier molecular flexibility index (Phi) is 6.86. The Bertz CT molecular complexity index is 853. The number of amides is 2. The summed E-state index contributed by atoms with van der Waals surface area (Å²) >= 11 is 0. The van der Waals surface area contributed by atoms with E-state index in [0.29, 0.717) is 30.9 Å². The number of halogens is 1. The maximum Gasteiger partial charge on any atom is 0.254 e. The van der Waals surface area contributed by atoms with Crippen LogP contribution in [0, 0.1) is 11.7 Å². The first kappa shape index (κ1) is 20.8. The van der Waals surface area contributed by atoms with Gasteiger partial charge >= 0.3 is 0 Å². The van der Waals surface area contributed by atoms with Gasteiger partial charge in [-0.25, -0.2) is 4.39 Å². The molecule has 1 fully saturated rings. The van der Waals surface area contributed by atoms with Gasteiger partial charge in [0.25, 0.3) is 5.91 Å². The zero-order chi connectivity index (χ0) is 20.8. The summed E-state index contributed by atoms with van der Waals surface area (Å²) in [6.45, 7) is 3.42. The normalized spacial score (nSPS) is 18.5. The molecule has 2 atom stereocenters. The van der Waals surface area contributed by atoms with E-state index in [2.05, 4.69) is 12.2 Å². The van der Waals surface area contributed by atoms with E-state index in [9.17, 15) is 14.0 Å². The van der Waals surface area contributed by atoms with Crippen LogP contribution < -0.4 is 10.1 Å². The van der Waals surface area contributed by atoms with Crippen LogP contribution in [0.25, 0.3) is 0 Å². The number of unbranched alkanes of at least 4 members (excludes halogenated alkanes) is 1. The molecular weight excluding hydrogens is 371 g/mol. The summed E-state index contributed by atoms with van der Waals surface area (Å²) in [5.41, 5.74) is 1.39. The summed E-state index contributed by atoms with van der Waals surface area (Å²) in [6, 6.07) is 13.2. The first-order valence-corrected chi connectivity index (χ1v) is 10.00. The summed E-state index contributed by atoms with van der Waals surface area (Å²) in [7, 11) is 1.56. The third-order valence-electron chi connectivity index (χ3n) is 5.39. The Labute approximate surface area is 170 Å². The number of carbonyl (C=O) groups excluding carboxylic acids is 2. The Hall–Kier alpha value is -2.89. The topological polar surface area (TPSA) is 58.6 Å². The quantitative estimate of drug-likeness (QED) is 0.725. The molecule has 1 saturated heterocycles. The standard InChI is InChI=1S/C23H27FN2O3/c1-3-4-12-25-22(27)21-15-26(14-20(21)16-8-10-18(24)11-9-16)23(28)17-6-5-7-19(13-17)29-2/h5-11,13,20-21H,3-4,12,14-15H2,1-2H3,(H,25,27)/t20-,21-/m1/s1. The highest BCUT2D eigenvalue weighted by atomic mass is 19.1. The third kappa shape index (κ3) is 4.94. The summed E-state index contributed by atoms with van der Waals surface area (Å²) in [4.78, 5) is 27.6. The van der Waals surface area contributed by atoms with Crippen LogP contribution in [-0.4, -0.2) is 43.5 Å². The van der Waals surface area contributed by atoms with Crippen molar-refractivity contribution in [3.63, 3.8) is 0 Å². The van der Waals surface area contributed by atoms with Crippen LogP contribution in [0.3, 0.4) is 0 Å². The van der Waals surface area contributed by atoms with Crippen LogP contribution in [0.4, 0.5) is 4.39 Å². The van der Waals surface area contributed by atoms with Crippen molar-refractivity contribution < 1.29 is 18.7 Å². The highest BCUT2D eigenvalue weighted by Crippen LogP contribution is 2.34. The molecule has 3 rings (SSSR count). The van der Waals surface area contributed by atoms with Gasteiger partial charge in [-0.2, -0.15) is 0 Å². The van der Waals surface area contributed by atoms with Gasteiger partial charge in [0, 0.05) is 31.1 Å². The predicted octanol–water partition coefficient (Wildman–Crippen LogP) is 3.61. The minimum absolute atomic E-state index is 0.0614. The number of hydrogen-bond donors (Lipinski definition) is 1. The van der Waals surface area contributed by atoms with Crippen molar-refractivity contribution in [3.8, 4) is 5.75 Å². The van der Waals surface area contributed by atoms with Crippen molar-refractivity contribution in [1.82, 2.24) is 10.2 Å². The molecule has 0 saturated carbocycles. The lowest BCUT2D eigenvalue weighted by molar-refractivity contribution is -0.124. The van der Waals surface area contributed by atoms with E-state index in [1.54, 1.807) is 48.4 Å². The van der Waals surface area contributed by atoms with Gasteiger partial charge in [0.15, 0.2) is 0 Å². The molecule has 29 heavy (non-hydrogen) atoms. The van der Waals surface area contributed by atoms with E-state index in [4.69, 9.17) is 4.74 Å². The molecule has 154 valence electrons. The van der Waals surface area contributed by atoms with Gasteiger partial charge in [0.2, 0.25) is 5.91 Å². The van der Waals surface area contributed by atoms with Gasteiger partial charge in [-0.05, 0) is 42.3 Å². The second-order valence-electron chi connectivity index (χ2n) is 7.35. The fourth-order valence-corrected chi connectivity index (χ4v) is 3.74. The Balaban J connectivity index is 1.82. The zero-order valence-electron chi connectivity index (χ0n) is 16.9. The van der Waals surface area contributed by atoms with Crippen LogP contribution in [0.5, 0.6) is 5.75 Å². The number of carbonyl (C=O) groups is 2. The molecule has 0 aromatic heterocycles. The minimum Gasteiger partial charge on any atom is -0.497 e. The number of likely N-dealkylation sites (tertiary alicyclic amines) is 1. The van der Waals surface area contributed by atoms with Crippen molar-refractivity contribution >= 4 is 11.8 Å². The average Bonchev–Trinajstić information content (AvgIpc) is 3.19. The van der Waals surface area contributed by atoms with Gasteiger partial charge in [-0.1, -0.05) is 31.5 Å². The number of rotatable bonds is 7. The Morgan fingerprint density at radius 2 is 1.93 bits per heavy atom. The molecule has 1 N–H and O–H groups in total. The molecule has 0 bridgehead atoms. The molecule has 1 aliphatic heterocycles. The van der Waals surface area contributed by atoms with Crippen molar-refractivity contribution in [1.29, 1.82) is 0 Å². The van der Waals surface area contributed by atoms with Gasteiger partial charge in [-0.15, -0.1) is 0 Å². The van der Waals surface area contributed by atoms with Gasteiger partial charge in [-0.3, -0.25) is 9.59 Å². The van der Waals surface area contributed by atoms with Crippen molar-refractivity contribution in [2.45, 2.75) is 25.7 Å². The largest absolute Gasteiger partial charge is 0.497 e. The molecule has 0 unspecified atom stereocenters. The molecule has 0 aliphatic carbocycles. The number of ether oxygens (including phenoxy) is 1. The lowest BCUT2D eigenvalue weighted by Crippen LogP contribution is -2.36. The molecular formula is C23H27FN2O3. The van der Waals surface area contributed by atoms with Crippen LogP contribution in [-0.2, 0) is 4.79 Å². The van der Waals surface area contributed by atoms with Crippen LogP contribution in [0.15, 0.2) is 48.5 Å². The Morgan fingerprint density at radius 3 is 2.62 bits per heavy atom. The fraction of sp³-hybridized carbons (Fsp3) is 0.391. The van der Waals surface area contributed by atoms with E-state index < -0.39 is 0 Å². The molecule has 2 amide bonds. The highest BCUT2D eigenvalue weighted by Gasteiger charge is 2.40. The molecule has 1 heterocycles. The predicted molar refractivity (Wildman–Crippen MR) is 109 cm³/mol. The average molecular weight is 398 g/mol. The molecule has 0 radical (unpaired) electrons. The van der Waals surface area contributed by atoms with Crippen molar-refractivity contribution in [2.75, 3.05) is 26.7 Å². The smallest absolute Gasteiger partial charge is 0.254 e. The molecule has 1 aliphatic rings. The third-order valence-corrected chi connectivity index (χ3v) is 5.39. The van der Waals surface area contributed by atoms with Gasteiger partial charge in [0.05, 0.1) is 13.0 Å². The van der Waals surface area contributed by atoms with Gasteiger partial charge in [0.1, 0.15) is 11.6 Å². The molecule has 2 aromatic carbocycles. The number of nitrogens with zero attached hydrogens (tertiary/aromatic N) is 1. The molecule has 6 heteroatoms. The second kappa shape index (κ2) is 9.54. The minimum atomic E-state index is -0.369. The maximum absolute atomic E-state index is 13.4. The van der Waals surface area contributed by atoms with Crippen LogP contribution >= 0.6 is 0 Å². The van der Waals surface area contributed by atoms with Crippen molar-refractivity contribution in [2.24, 2.45) is 5.92 Å². The molecule has 0 spiro atoms. The van der Waals surface area contributed by atoms with E-state index in [1.807, 2.05) is 0 Å². The summed E-state index contributed by atoms with van der Waals surface area (Å²) < 4.78 is 18.6. The van der Waals surface area contributed by atoms with Crippen LogP contribution in [0.1, 0.15) is 41.6 Å². The zero-order valence-corrected chi connectivity index (χ0v) is 16.9. The molecule has 2 aromatic rings. The van der Waals surface area contributed by atoms with E-state index in [-0.39, 0.29) is 29.5 Å². The first-order chi connectivity index (χ1) is 14.0. The number of methoxy groups -OCH3 is 1. The summed E-state index contributed by atoms with van der Waals surface area (Å²) in [5, 5.41) is 2.98. The first-order valence-electron chi connectivity index (χ1n) is 10.00. The lowest BCUT2D eigenvalue weighted by Gasteiger charge is -2.18. The summed E-state index contributed by atoms with van der Waals surface area (Å²) in [6.07, 6.45) is 1.90. The van der Waals surface area contributed by atoms with E-state index in [0.717, 1.165) is 18.4 Å². The fourth-order valence-electron chi connectivity index (χ4n) is 3.74. The van der Waals surface area contributed by atoms with Crippen LogP contribution in [0.2, 0.25) is 0 Å². The van der Waals surface area contributed by atoms with Gasteiger partial charge < -0.3 is 15.0 Å². The van der Waals surface area contributed by atoms with E-state index >= 15 is 0 Å². The Morgan fingerprint density at radius 1 is 1.17 bits per heavy atom. The number of hydrogen-bond acceptors (Lipinski definition) is 3. The van der Waals surface area contributed by atoms with Crippen molar-refractivity contribution in [3.05, 3.63) is 65.5 Å². The van der Waals surface area contributed by atoms with E-state index in [1.165, 1.54) is 12.1 Å². The summed E-state index contributed by atoms with van der Waals surface area (Å²) in [5.74, 6) is -0.453. The number of benzene rings is 2. The molecule has 5 nitrogen and oxygen atoms in total. The SMILES string of the molecule is CCCCNC(=O)[C@@H]1CN(C(=O)c2cccc(OC)c2)C[C@@H]1c1ccc(F)cc1. The second-order valence-corrected chi connectivity index (χ2v) is 7.35. The monoisotopic (exact) mass is 398 g/mol. The maximum atomic E-state index is 13.4. The highest BCUT2D eigenvalue weighted by molar-refractivity contribution is 5.95. The lowest BCUT2D eigenvalue weighted by atomic mass is 9.88. The number of nitrogens with one attached hydrogen (secondary N) is 1.